The van der Waals surface area contributed by atoms with Gasteiger partial charge in [-0.05, 0) is 6.92 Å². The summed E-state index contributed by atoms with van der Waals surface area (Å²) in [6.45, 7) is 1.26. The molecule has 4 nitrogen and oxygen atoms in total. The van der Waals surface area contributed by atoms with Gasteiger partial charge in [-0.15, -0.1) is 0 Å². The molecule has 100 valence electrons. The minimum absolute atomic E-state index is 0.0293. The fourth-order valence-electron chi connectivity index (χ4n) is 1.98. The van der Waals surface area contributed by atoms with Crippen molar-refractivity contribution >= 4 is 5.91 Å². The van der Waals surface area contributed by atoms with Gasteiger partial charge in [0.15, 0.2) is 5.60 Å². The predicted molar refractivity (Wildman–Crippen MR) is 55.3 cm³/mol. The fourth-order valence-corrected chi connectivity index (χ4v) is 1.98. The van der Waals surface area contributed by atoms with Crippen LogP contribution in [0.25, 0.3) is 0 Å². The first-order valence-electron chi connectivity index (χ1n) is 5.55. The summed E-state index contributed by atoms with van der Waals surface area (Å²) in [5, 5.41) is 0. The predicted octanol–water partition coefficient (Wildman–Crippen LogP) is 0.905. The van der Waals surface area contributed by atoms with Crippen molar-refractivity contribution in [3.05, 3.63) is 0 Å². The van der Waals surface area contributed by atoms with Gasteiger partial charge in [0.2, 0.25) is 5.91 Å². The molecule has 1 heterocycles. The number of amides is 1. The number of alkyl halides is 3. The van der Waals surface area contributed by atoms with Crippen LogP contribution in [0.2, 0.25) is 0 Å². The minimum atomic E-state index is -4.46. The maximum atomic E-state index is 12.9. The van der Waals surface area contributed by atoms with E-state index >= 15 is 0 Å². The number of carbonyl (C=O) groups is 1. The van der Waals surface area contributed by atoms with E-state index in [9.17, 15) is 18.0 Å². The van der Waals surface area contributed by atoms with E-state index in [-0.39, 0.29) is 38.4 Å². The van der Waals surface area contributed by atoms with Gasteiger partial charge in [-0.25, -0.2) is 0 Å². The lowest BCUT2D eigenvalue weighted by Gasteiger charge is -2.31. The van der Waals surface area contributed by atoms with Crippen LogP contribution in [-0.4, -0.2) is 48.8 Å². The number of hydrogen-bond acceptors (Lipinski definition) is 3. The van der Waals surface area contributed by atoms with E-state index in [1.54, 1.807) is 0 Å². The normalized spacial score (nSPS) is 25.4. The van der Waals surface area contributed by atoms with E-state index in [0.717, 1.165) is 0 Å². The lowest BCUT2D eigenvalue weighted by molar-refractivity contribution is -0.270. The summed E-state index contributed by atoms with van der Waals surface area (Å²) >= 11 is 0. The van der Waals surface area contributed by atoms with E-state index in [0.29, 0.717) is 0 Å². The molecule has 0 radical (unpaired) electrons. The topological polar surface area (TPSA) is 55.6 Å². The van der Waals surface area contributed by atoms with Crippen molar-refractivity contribution < 1.29 is 22.7 Å². The first kappa shape index (κ1) is 14.2. The fraction of sp³-hybridized carbons (Fsp3) is 0.900. The van der Waals surface area contributed by atoms with Gasteiger partial charge in [0.1, 0.15) is 0 Å². The van der Waals surface area contributed by atoms with Gasteiger partial charge in [0.25, 0.3) is 0 Å². The Hall–Kier alpha value is -0.820. The SMILES string of the molecule is CCOC1(C(F)(F)F)CCN(C(=O)CCN)C1. The van der Waals surface area contributed by atoms with Crippen LogP contribution in [0.5, 0.6) is 0 Å². The average Bonchev–Trinajstić information content (AvgIpc) is 2.63. The summed E-state index contributed by atoms with van der Waals surface area (Å²) in [7, 11) is 0. The first-order valence-corrected chi connectivity index (χ1v) is 5.55. The van der Waals surface area contributed by atoms with E-state index in [4.69, 9.17) is 10.5 Å². The molecule has 1 saturated heterocycles. The van der Waals surface area contributed by atoms with Crippen molar-refractivity contribution in [2.24, 2.45) is 5.73 Å². The van der Waals surface area contributed by atoms with Gasteiger partial charge in [-0.1, -0.05) is 0 Å². The average molecular weight is 254 g/mol. The van der Waals surface area contributed by atoms with Crippen LogP contribution >= 0.6 is 0 Å². The Morgan fingerprint density at radius 3 is 2.65 bits per heavy atom. The zero-order valence-electron chi connectivity index (χ0n) is 9.72. The maximum Gasteiger partial charge on any atom is 0.419 e. The molecule has 0 spiro atoms. The largest absolute Gasteiger partial charge is 0.419 e. The molecule has 1 fully saturated rings. The number of nitrogens with zero attached hydrogens (tertiary/aromatic N) is 1. The summed E-state index contributed by atoms with van der Waals surface area (Å²) in [5.74, 6) is -0.349. The van der Waals surface area contributed by atoms with E-state index < -0.39 is 18.3 Å². The highest BCUT2D eigenvalue weighted by Crippen LogP contribution is 2.40. The van der Waals surface area contributed by atoms with Crippen LogP contribution < -0.4 is 5.73 Å². The lowest BCUT2D eigenvalue weighted by Crippen LogP contribution is -2.50. The summed E-state index contributed by atoms with van der Waals surface area (Å²) in [6.07, 6.45) is -4.60. The lowest BCUT2D eigenvalue weighted by atomic mass is 10.0. The molecule has 17 heavy (non-hydrogen) atoms. The molecule has 0 aromatic rings. The number of likely N-dealkylation sites (tertiary alicyclic amines) is 1. The molecule has 1 atom stereocenters. The number of rotatable bonds is 4. The summed E-state index contributed by atoms with van der Waals surface area (Å²) in [4.78, 5) is 12.7. The number of ether oxygens (including phenoxy) is 1. The summed E-state index contributed by atoms with van der Waals surface area (Å²) in [5.41, 5.74) is 3.01. The number of carbonyl (C=O) groups excluding carboxylic acids is 1. The van der Waals surface area contributed by atoms with E-state index in [1.807, 2.05) is 0 Å². The van der Waals surface area contributed by atoms with Crippen molar-refractivity contribution in [2.75, 3.05) is 26.2 Å². The number of halogens is 3. The van der Waals surface area contributed by atoms with Crippen molar-refractivity contribution in [1.29, 1.82) is 0 Å². The molecule has 0 aromatic heterocycles. The quantitative estimate of drug-likeness (QED) is 0.811. The minimum Gasteiger partial charge on any atom is -0.364 e. The maximum absolute atomic E-state index is 12.9. The van der Waals surface area contributed by atoms with Gasteiger partial charge in [-0.3, -0.25) is 4.79 Å². The Morgan fingerprint density at radius 1 is 1.53 bits per heavy atom. The van der Waals surface area contributed by atoms with E-state index in [1.165, 1.54) is 11.8 Å². The van der Waals surface area contributed by atoms with Gasteiger partial charge in [-0.2, -0.15) is 13.2 Å². The number of hydrogen-bond donors (Lipinski definition) is 1. The van der Waals surface area contributed by atoms with Crippen LogP contribution in [0, 0.1) is 0 Å². The third-order valence-corrected chi connectivity index (χ3v) is 2.88. The van der Waals surface area contributed by atoms with Gasteiger partial charge >= 0.3 is 6.18 Å². The van der Waals surface area contributed by atoms with E-state index in [2.05, 4.69) is 0 Å². The van der Waals surface area contributed by atoms with Gasteiger partial charge in [0, 0.05) is 32.5 Å². The molecule has 1 rings (SSSR count). The van der Waals surface area contributed by atoms with Crippen molar-refractivity contribution in [3.63, 3.8) is 0 Å². The molecule has 1 unspecified atom stereocenters. The van der Waals surface area contributed by atoms with Crippen molar-refractivity contribution in [1.82, 2.24) is 4.90 Å². The summed E-state index contributed by atoms with van der Waals surface area (Å²) in [6, 6.07) is 0. The van der Waals surface area contributed by atoms with Crippen LogP contribution in [0.3, 0.4) is 0 Å². The molecule has 0 aliphatic carbocycles. The van der Waals surface area contributed by atoms with Crippen LogP contribution in [-0.2, 0) is 9.53 Å². The Balaban J connectivity index is 2.75. The van der Waals surface area contributed by atoms with Crippen LogP contribution in [0.4, 0.5) is 13.2 Å². The van der Waals surface area contributed by atoms with Crippen LogP contribution in [0.15, 0.2) is 0 Å². The Kier molecular flexibility index (Phi) is 4.37. The molecular formula is C10H17F3N2O2. The second-order valence-electron chi connectivity index (χ2n) is 4.03. The molecule has 2 N–H and O–H groups in total. The highest BCUT2D eigenvalue weighted by Gasteiger charge is 2.59. The van der Waals surface area contributed by atoms with Crippen molar-refractivity contribution in [2.45, 2.75) is 31.5 Å². The molecule has 1 amide bonds. The third-order valence-electron chi connectivity index (χ3n) is 2.88. The van der Waals surface area contributed by atoms with Crippen LogP contribution in [0.1, 0.15) is 19.8 Å². The molecule has 1 aliphatic heterocycles. The zero-order chi connectivity index (χ0) is 13.1. The molecule has 7 heteroatoms. The second-order valence-corrected chi connectivity index (χ2v) is 4.03. The number of nitrogens with two attached hydrogens (primary N) is 1. The zero-order valence-corrected chi connectivity index (χ0v) is 9.72. The molecular weight excluding hydrogens is 237 g/mol. The third kappa shape index (κ3) is 2.90. The molecule has 0 aromatic carbocycles. The molecule has 0 bridgehead atoms. The Bertz CT molecular complexity index is 283. The smallest absolute Gasteiger partial charge is 0.364 e. The monoisotopic (exact) mass is 254 g/mol. The van der Waals surface area contributed by atoms with Gasteiger partial charge < -0.3 is 15.4 Å². The van der Waals surface area contributed by atoms with Gasteiger partial charge in [0.05, 0.1) is 6.54 Å². The highest BCUT2D eigenvalue weighted by molar-refractivity contribution is 5.76. The Labute approximate surface area is 97.9 Å². The molecule has 0 saturated carbocycles. The first-order chi connectivity index (χ1) is 7.86. The second kappa shape index (κ2) is 5.22. The highest BCUT2D eigenvalue weighted by atomic mass is 19.4. The summed E-state index contributed by atoms with van der Waals surface area (Å²) < 4.78 is 43.7. The molecule has 1 aliphatic rings. The Morgan fingerprint density at radius 2 is 2.18 bits per heavy atom. The standard InChI is InChI=1S/C10H17F3N2O2/c1-2-17-9(10(11,12)13)4-6-15(7-9)8(16)3-5-14/h2-7,14H2,1H3. The van der Waals surface area contributed by atoms with Crippen molar-refractivity contribution in [3.8, 4) is 0 Å².